The first kappa shape index (κ1) is 15.5. The summed E-state index contributed by atoms with van der Waals surface area (Å²) in [6, 6.07) is 4.64. The van der Waals surface area contributed by atoms with E-state index in [0.29, 0.717) is 19.3 Å². The average Bonchev–Trinajstić information content (AvgIpc) is 3.03. The highest BCUT2D eigenvalue weighted by atomic mass is 16.6. The van der Waals surface area contributed by atoms with Gasteiger partial charge in [-0.05, 0) is 31.0 Å². The van der Waals surface area contributed by atoms with Crippen LogP contribution < -0.4 is 14.8 Å². The van der Waals surface area contributed by atoms with E-state index in [4.69, 9.17) is 14.2 Å². The first-order chi connectivity index (χ1) is 12.4. The predicted octanol–water partition coefficient (Wildman–Crippen LogP) is 1.85. The lowest BCUT2D eigenvalue weighted by Gasteiger charge is -2.30. The number of fused-ring (bicyclic) bond motifs is 4. The number of nitrogens with zero attached hydrogens (tertiary/aromatic N) is 1. The van der Waals surface area contributed by atoms with Crippen molar-refractivity contribution >= 4 is 10.9 Å². The van der Waals surface area contributed by atoms with Crippen LogP contribution in [0.15, 0.2) is 12.1 Å². The van der Waals surface area contributed by atoms with Gasteiger partial charge in [0.2, 0.25) is 0 Å². The van der Waals surface area contributed by atoms with Crippen LogP contribution in [0.3, 0.4) is 0 Å². The zero-order valence-electron chi connectivity index (χ0n) is 14.5. The fourth-order valence-corrected chi connectivity index (χ4v) is 4.23. The molecular formula is C19H25N3O3. The van der Waals surface area contributed by atoms with Crippen LogP contribution in [0, 0.1) is 0 Å². The molecule has 1 aromatic carbocycles. The van der Waals surface area contributed by atoms with Crippen LogP contribution in [0.2, 0.25) is 0 Å². The first-order valence-corrected chi connectivity index (χ1v) is 9.36. The highest BCUT2D eigenvalue weighted by molar-refractivity contribution is 5.88. The Balaban J connectivity index is 1.41. The number of hydrogen-bond acceptors (Lipinski definition) is 5. The molecule has 6 heteroatoms. The van der Waals surface area contributed by atoms with Crippen LogP contribution in [0.25, 0.3) is 10.9 Å². The molecule has 1 saturated heterocycles. The lowest BCUT2D eigenvalue weighted by atomic mass is 9.97. The van der Waals surface area contributed by atoms with Gasteiger partial charge in [-0.25, -0.2) is 0 Å². The van der Waals surface area contributed by atoms with Crippen molar-refractivity contribution in [3.05, 3.63) is 23.4 Å². The summed E-state index contributed by atoms with van der Waals surface area (Å²) in [6.45, 7) is 7.22. The molecule has 0 unspecified atom stereocenters. The Morgan fingerprint density at radius 3 is 2.68 bits per heavy atom. The minimum atomic E-state index is 0.387. The second kappa shape index (κ2) is 6.52. The number of hydrogen-bond donors (Lipinski definition) is 2. The topological polar surface area (TPSA) is 58.8 Å². The summed E-state index contributed by atoms with van der Waals surface area (Å²) >= 11 is 0. The Labute approximate surface area is 147 Å². The molecule has 25 heavy (non-hydrogen) atoms. The van der Waals surface area contributed by atoms with E-state index < -0.39 is 0 Å². The molecule has 2 N–H and O–H groups in total. The number of morpholine rings is 1. The highest BCUT2D eigenvalue weighted by Crippen LogP contribution is 2.39. The molecule has 3 aliphatic heterocycles. The van der Waals surface area contributed by atoms with Crippen LogP contribution in [0.5, 0.6) is 11.5 Å². The van der Waals surface area contributed by atoms with Crippen molar-refractivity contribution in [2.24, 2.45) is 0 Å². The molecule has 4 heterocycles. The van der Waals surface area contributed by atoms with Gasteiger partial charge < -0.3 is 24.5 Å². The molecule has 0 radical (unpaired) electrons. The van der Waals surface area contributed by atoms with Crippen LogP contribution in [0.4, 0.5) is 0 Å². The van der Waals surface area contributed by atoms with E-state index >= 15 is 0 Å². The van der Waals surface area contributed by atoms with E-state index in [9.17, 15) is 0 Å². The number of aromatic amines is 1. The van der Waals surface area contributed by atoms with E-state index in [-0.39, 0.29) is 0 Å². The summed E-state index contributed by atoms with van der Waals surface area (Å²) in [5.74, 6) is 1.74. The van der Waals surface area contributed by atoms with E-state index in [0.717, 1.165) is 69.3 Å². The molecule has 0 amide bonds. The Morgan fingerprint density at radius 1 is 1.04 bits per heavy atom. The highest BCUT2D eigenvalue weighted by Gasteiger charge is 2.26. The molecule has 0 spiro atoms. The van der Waals surface area contributed by atoms with Crippen LogP contribution in [0.1, 0.15) is 23.7 Å². The summed E-state index contributed by atoms with van der Waals surface area (Å²) in [4.78, 5) is 6.17. The van der Waals surface area contributed by atoms with Gasteiger partial charge in [-0.2, -0.15) is 0 Å². The molecule has 1 atom stereocenters. The fraction of sp³-hybridized carbons (Fsp3) is 0.579. The number of nitrogens with one attached hydrogen (secondary N) is 2. The van der Waals surface area contributed by atoms with Crippen molar-refractivity contribution in [3.8, 4) is 11.5 Å². The maximum Gasteiger partial charge on any atom is 0.163 e. The van der Waals surface area contributed by atoms with Gasteiger partial charge >= 0.3 is 0 Å². The summed E-state index contributed by atoms with van der Waals surface area (Å²) in [5, 5.41) is 4.98. The lowest BCUT2D eigenvalue weighted by Crippen LogP contribution is -2.39. The summed E-state index contributed by atoms with van der Waals surface area (Å²) in [7, 11) is 0. The van der Waals surface area contributed by atoms with Gasteiger partial charge in [0, 0.05) is 48.3 Å². The Bertz CT molecular complexity index is 767. The van der Waals surface area contributed by atoms with Crippen molar-refractivity contribution in [2.75, 3.05) is 52.6 Å². The van der Waals surface area contributed by atoms with Gasteiger partial charge in [0.1, 0.15) is 13.2 Å². The molecule has 0 aliphatic carbocycles. The maximum absolute atomic E-state index is 5.77. The molecule has 0 bridgehead atoms. The molecule has 134 valence electrons. The molecule has 5 rings (SSSR count). The number of aromatic nitrogens is 1. The number of rotatable bonds is 3. The van der Waals surface area contributed by atoms with Gasteiger partial charge in [-0.1, -0.05) is 0 Å². The van der Waals surface area contributed by atoms with Crippen molar-refractivity contribution in [1.82, 2.24) is 15.2 Å². The van der Waals surface area contributed by atoms with Gasteiger partial charge in [-0.15, -0.1) is 0 Å². The number of H-pyrrole nitrogens is 1. The zero-order chi connectivity index (χ0) is 16.6. The Kier molecular flexibility index (Phi) is 4.04. The molecule has 0 saturated carbocycles. The minimum absolute atomic E-state index is 0.387. The van der Waals surface area contributed by atoms with E-state index in [1.807, 2.05) is 0 Å². The van der Waals surface area contributed by atoms with Gasteiger partial charge in [0.15, 0.2) is 11.5 Å². The zero-order valence-corrected chi connectivity index (χ0v) is 14.5. The third kappa shape index (κ3) is 2.88. The summed E-state index contributed by atoms with van der Waals surface area (Å²) < 4.78 is 17.0. The summed E-state index contributed by atoms with van der Waals surface area (Å²) in [5.41, 5.74) is 3.95. The van der Waals surface area contributed by atoms with E-state index in [1.54, 1.807) is 0 Å². The SMILES string of the molecule is c1c2c(cc3c4c([nH]c13)[C@H](CCN1CCOCC1)NCC4)OCCO2. The fourth-order valence-electron chi connectivity index (χ4n) is 4.23. The molecule has 3 aliphatic rings. The number of benzene rings is 1. The third-order valence-corrected chi connectivity index (χ3v) is 5.55. The minimum Gasteiger partial charge on any atom is -0.486 e. The quantitative estimate of drug-likeness (QED) is 0.891. The van der Waals surface area contributed by atoms with Gasteiger partial charge in [0.05, 0.1) is 13.2 Å². The van der Waals surface area contributed by atoms with Crippen molar-refractivity contribution in [1.29, 1.82) is 0 Å². The molecule has 6 nitrogen and oxygen atoms in total. The molecule has 2 aromatic rings. The van der Waals surface area contributed by atoms with Crippen molar-refractivity contribution < 1.29 is 14.2 Å². The van der Waals surface area contributed by atoms with E-state index in [1.165, 1.54) is 16.6 Å². The second-order valence-corrected chi connectivity index (χ2v) is 7.06. The van der Waals surface area contributed by atoms with Gasteiger partial charge in [-0.3, -0.25) is 4.90 Å². The normalized spacial score (nSPS) is 23.6. The second-order valence-electron chi connectivity index (χ2n) is 7.06. The largest absolute Gasteiger partial charge is 0.486 e. The van der Waals surface area contributed by atoms with Crippen molar-refractivity contribution in [2.45, 2.75) is 18.9 Å². The lowest BCUT2D eigenvalue weighted by molar-refractivity contribution is 0.0360. The van der Waals surface area contributed by atoms with Crippen LogP contribution in [-0.2, 0) is 11.2 Å². The van der Waals surface area contributed by atoms with E-state index in [2.05, 4.69) is 27.3 Å². The number of ether oxygens (including phenoxy) is 3. The average molecular weight is 343 g/mol. The molecular weight excluding hydrogens is 318 g/mol. The third-order valence-electron chi connectivity index (χ3n) is 5.55. The molecule has 1 fully saturated rings. The monoisotopic (exact) mass is 343 g/mol. The van der Waals surface area contributed by atoms with Crippen LogP contribution in [-0.4, -0.2) is 62.5 Å². The standard InChI is InChI=1S/C19H25N3O3/c1-3-20-15(2-4-22-5-7-23-8-6-22)19-13(1)14-11-17-18(12-16(14)21-19)25-10-9-24-17/h11-12,15,20-21H,1-10H2/t15-/m0/s1. The first-order valence-electron chi connectivity index (χ1n) is 9.36. The Morgan fingerprint density at radius 2 is 1.84 bits per heavy atom. The van der Waals surface area contributed by atoms with Gasteiger partial charge in [0.25, 0.3) is 0 Å². The molecule has 1 aromatic heterocycles. The predicted molar refractivity (Wildman–Crippen MR) is 95.6 cm³/mol. The summed E-state index contributed by atoms with van der Waals surface area (Å²) in [6.07, 6.45) is 2.18. The Hall–Kier alpha value is -1.76. The maximum atomic E-state index is 5.77. The smallest absolute Gasteiger partial charge is 0.163 e. The van der Waals surface area contributed by atoms with Crippen LogP contribution >= 0.6 is 0 Å². The van der Waals surface area contributed by atoms with Crippen molar-refractivity contribution in [3.63, 3.8) is 0 Å².